The van der Waals surface area contributed by atoms with E-state index in [0.29, 0.717) is 12.3 Å². The number of carbonyl (C=O) groups is 1. The van der Waals surface area contributed by atoms with E-state index in [2.05, 4.69) is 96.2 Å². The van der Waals surface area contributed by atoms with E-state index in [1.165, 1.54) is 16.7 Å². The molecule has 0 spiro atoms. The second-order valence-corrected chi connectivity index (χ2v) is 12.7. The Labute approximate surface area is 222 Å². The topological polar surface area (TPSA) is 52.6 Å². The highest BCUT2D eigenvalue weighted by Gasteiger charge is 2.32. The first-order valence-electron chi connectivity index (χ1n) is 13.3. The maximum absolute atomic E-state index is 13.9. The van der Waals surface area contributed by atoms with Gasteiger partial charge in [0.2, 0.25) is 0 Å². The van der Waals surface area contributed by atoms with Gasteiger partial charge in [-0.1, -0.05) is 83.5 Å². The maximum atomic E-state index is 13.9. The zero-order valence-electron chi connectivity index (χ0n) is 23.7. The first-order chi connectivity index (χ1) is 17.2. The number of nitrogens with zero attached hydrogens (tertiary/aromatic N) is 1. The molecule has 0 atom stereocenters. The average molecular weight is 499 g/mol. The lowest BCUT2D eigenvalue weighted by Gasteiger charge is -2.32. The molecule has 4 nitrogen and oxygen atoms in total. The minimum Gasteiger partial charge on any atom is -0.507 e. The number of carbonyl (C=O) groups excluding carboxylic acids is 1. The molecule has 0 radical (unpaired) electrons. The Kier molecular flexibility index (Phi) is 7.16. The summed E-state index contributed by atoms with van der Waals surface area (Å²) < 4.78 is 0. The van der Waals surface area contributed by atoms with Gasteiger partial charge in [0.05, 0.1) is 0 Å². The number of phenols is 1. The SMILES string of the molecule is Cc1ccc(NC(=O)N(Cc2cc(C(C)(C)C)c(O)c(C(C)(C)C)c2)C2Cc3ccccc3C2)c(C)c1. The van der Waals surface area contributed by atoms with Gasteiger partial charge in [0.15, 0.2) is 0 Å². The molecule has 37 heavy (non-hydrogen) atoms. The smallest absolute Gasteiger partial charge is 0.322 e. The van der Waals surface area contributed by atoms with Crippen molar-refractivity contribution in [3.8, 4) is 5.75 Å². The van der Waals surface area contributed by atoms with Gasteiger partial charge in [0, 0.05) is 18.3 Å². The van der Waals surface area contributed by atoms with Gasteiger partial charge in [-0.15, -0.1) is 0 Å². The van der Waals surface area contributed by atoms with Crippen molar-refractivity contribution in [2.24, 2.45) is 0 Å². The standard InChI is InChI=1S/C33H42N2O2/c1-21-13-14-29(22(2)15-21)34-31(37)35(26-18-24-11-9-10-12-25(24)19-26)20-23-16-27(32(3,4)5)30(36)28(17-23)33(6,7)8/h9-17,26,36H,18-20H2,1-8H3,(H,34,37). The molecule has 2 amide bonds. The fourth-order valence-corrected chi connectivity index (χ4v) is 5.39. The molecule has 0 heterocycles. The molecule has 0 saturated heterocycles. The van der Waals surface area contributed by atoms with Crippen LogP contribution in [0.25, 0.3) is 0 Å². The number of benzene rings is 3. The molecule has 4 heteroatoms. The van der Waals surface area contributed by atoms with E-state index in [0.717, 1.165) is 40.8 Å². The molecule has 196 valence electrons. The summed E-state index contributed by atoms with van der Waals surface area (Å²) in [6.07, 6.45) is 1.68. The summed E-state index contributed by atoms with van der Waals surface area (Å²) in [5, 5.41) is 14.4. The van der Waals surface area contributed by atoms with Crippen LogP contribution in [-0.2, 0) is 30.2 Å². The minimum absolute atomic E-state index is 0.0631. The van der Waals surface area contributed by atoms with Crippen LogP contribution < -0.4 is 5.32 Å². The Balaban J connectivity index is 1.74. The van der Waals surface area contributed by atoms with Crippen LogP contribution in [0.3, 0.4) is 0 Å². The normalized spacial score (nSPS) is 13.9. The minimum atomic E-state index is -0.226. The average Bonchev–Trinajstić information content (AvgIpc) is 3.22. The lowest BCUT2D eigenvalue weighted by atomic mass is 9.78. The molecule has 3 aromatic rings. The monoisotopic (exact) mass is 498 g/mol. The van der Waals surface area contributed by atoms with Gasteiger partial charge in [0.1, 0.15) is 5.75 Å². The zero-order chi connectivity index (χ0) is 27.1. The van der Waals surface area contributed by atoms with Gasteiger partial charge in [-0.05, 0) is 89.1 Å². The summed E-state index contributed by atoms with van der Waals surface area (Å²) in [5.74, 6) is 0.364. The van der Waals surface area contributed by atoms with Crippen molar-refractivity contribution < 1.29 is 9.90 Å². The molecule has 0 fully saturated rings. The van der Waals surface area contributed by atoms with E-state index in [4.69, 9.17) is 0 Å². The Bertz CT molecular complexity index is 1250. The van der Waals surface area contributed by atoms with Crippen LogP contribution in [0.2, 0.25) is 0 Å². The summed E-state index contributed by atoms with van der Waals surface area (Å²) in [4.78, 5) is 15.9. The molecule has 0 aliphatic heterocycles. The van der Waals surface area contributed by atoms with E-state index in [9.17, 15) is 9.90 Å². The number of nitrogens with one attached hydrogen (secondary N) is 1. The Morgan fingerprint density at radius 1 is 0.892 bits per heavy atom. The number of hydrogen-bond donors (Lipinski definition) is 2. The first-order valence-corrected chi connectivity index (χ1v) is 13.3. The van der Waals surface area contributed by atoms with Crippen LogP contribution in [0.1, 0.15) is 80.5 Å². The van der Waals surface area contributed by atoms with Gasteiger partial charge < -0.3 is 15.3 Å². The van der Waals surface area contributed by atoms with Crippen molar-refractivity contribution in [2.75, 3.05) is 5.32 Å². The lowest BCUT2D eigenvalue weighted by molar-refractivity contribution is 0.185. The van der Waals surface area contributed by atoms with Gasteiger partial charge in [-0.25, -0.2) is 4.79 Å². The number of aryl methyl sites for hydroxylation is 2. The summed E-state index contributed by atoms with van der Waals surface area (Å²) in [5.41, 5.74) is 8.11. The maximum Gasteiger partial charge on any atom is 0.322 e. The second kappa shape index (κ2) is 9.89. The van der Waals surface area contributed by atoms with E-state index < -0.39 is 0 Å². The van der Waals surface area contributed by atoms with E-state index in [-0.39, 0.29) is 22.9 Å². The lowest BCUT2D eigenvalue weighted by Crippen LogP contribution is -2.43. The highest BCUT2D eigenvalue weighted by Crippen LogP contribution is 2.40. The molecule has 0 unspecified atom stereocenters. The molecule has 1 aliphatic rings. The number of fused-ring (bicyclic) bond motifs is 1. The van der Waals surface area contributed by atoms with Crippen LogP contribution in [0.15, 0.2) is 54.6 Å². The quantitative estimate of drug-likeness (QED) is 0.385. The molecule has 0 aromatic heterocycles. The number of rotatable bonds is 4. The highest BCUT2D eigenvalue weighted by atomic mass is 16.3. The van der Waals surface area contributed by atoms with Crippen molar-refractivity contribution >= 4 is 11.7 Å². The van der Waals surface area contributed by atoms with Crippen LogP contribution in [0.4, 0.5) is 10.5 Å². The second-order valence-electron chi connectivity index (χ2n) is 12.7. The third kappa shape index (κ3) is 5.84. The predicted octanol–water partition coefficient (Wildman–Crippen LogP) is 7.81. The van der Waals surface area contributed by atoms with Crippen LogP contribution in [0, 0.1) is 13.8 Å². The third-order valence-electron chi connectivity index (χ3n) is 7.49. The molecule has 2 N–H and O–H groups in total. The molecular weight excluding hydrogens is 456 g/mol. The number of urea groups is 1. The predicted molar refractivity (Wildman–Crippen MR) is 154 cm³/mol. The van der Waals surface area contributed by atoms with Crippen molar-refractivity contribution in [1.29, 1.82) is 0 Å². The first kappa shape index (κ1) is 26.8. The number of hydrogen-bond acceptors (Lipinski definition) is 2. The van der Waals surface area contributed by atoms with Crippen molar-refractivity contribution in [3.63, 3.8) is 0 Å². The zero-order valence-corrected chi connectivity index (χ0v) is 23.7. The number of phenolic OH excluding ortho intramolecular Hbond substituents is 1. The molecular formula is C33H42N2O2. The highest BCUT2D eigenvalue weighted by molar-refractivity contribution is 5.90. The van der Waals surface area contributed by atoms with Gasteiger partial charge >= 0.3 is 6.03 Å². The van der Waals surface area contributed by atoms with Gasteiger partial charge in [0.25, 0.3) is 0 Å². The fourth-order valence-electron chi connectivity index (χ4n) is 5.39. The fraction of sp³-hybridized carbons (Fsp3) is 0.424. The van der Waals surface area contributed by atoms with E-state index in [1.54, 1.807) is 0 Å². The number of amides is 2. The van der Waals surface area contributed by atoms with Crippen molar-refractivity contribution in [3.05, 3.63) is 93.5 Å². The van der Waals surface area contributed by atoms with Crippen LogP contribution >= 0.6 is 0 Å². The van der Waals surface area contributed by atoms with Crippen LogP contribution in [0.5, 0.6) is 5.75 Å². The van der Waals surface area contributed by atoms with Crippen LogP contribution in [-0.4, -0.2) is 22.1 Å². The molecule has 1 aliphatic carbocycles. The molecule has 4 rings (SSSR count). The number of aromatic hydroxyl groups is 1. The summed E-state index contributed by atoms with van der Waals surface area (Å²) in [7, 11) is 0. The van der Waals surface area contributed by atoms with Crippen molar-refractivity contribution in [1.82, 2.24) is 4.90 Å². The molecule has 0 saturated carbocycles. The van der Waals surface area contributed by atoms with Gasteiger partial charge in [-0.3, -0.25) is 0 Å². The van der Waals surface area contributed by atoms with E-state index >= 15 is 0 Å². The Morgan fingerprint density at radius 2 is 1.43 bits per heavy atom. The molecule has 3 aromatic carbocycles. The Morgan fingerprint density at radius 3 is 1.92 bits per heavy atom. The van der Waals surface area contributed by atoms with E-state index in [1.807, 2.05) is 24.0 Å². The number of anilines is 1. The largest absolute Gasteiger partial charge is 0.507 e. The Hall–Kier alpha value is -3.27. The summed E-state index contributed by atoms with van der Waals surface area (Å²) >= 11 is 0. The van der Waals surface area contributed by atoms with Gasteiger partial charge in [-0.2, -0.15) is 0 Å². The summed E-state index contributed by atoms with van der Waals surface area (Å²) in [6, 6.07) is 18.8. The third-order valence-corrected chi connectivity index (χ3v) is 7.49. The molecule has 0 bridgehead atoms. The summed E-state index contributed by atoms with van der Waals surface area (Å²) in [6.45, 7) is 17.3. The van der Waals surface area contributed by atoms with Crippen molar-refractivity contribution in [2.45, 2.75) is 91.6 Å².